The highest BCUT2D eigenvalue weighted by molar-refractivity contribution is 5.59. The van der Waals surface area contributed by atoms with E-state index in [0.717, 1.165) is 22.6 Å². The Balaban J connectivity index is 2.02. The Labute approximate surface area is 153 Å². The summed E-state index contributed by atoms with van der Waals surface area (Å²) in [6.07, 6.45) is 0.190. The number of nitrogens with zero attached hydrogens (tertiary/aromatic N) is 5. The van der Waals surface area contributed by atoms with Crippen molar-refractivity contribution < 1.29 is 9.84 Å². The minimum atomic E-state index is -0.468. The fourth-order valence-electron chi connectivity index (χ4n) is 2.92. The number of aromatic nitrogens is 5. The third kappa shape index (κ3) is 3.84. The van der Waals surface area contributed by atoms with Gasteiger partial charge in [-0.15, -0.1) is 0 Å². The molecule has 0 radical (unpaired) electrons. The van der Waals surface area contributed by atoms with Crippen LogP contribution in [-0.2, 0) is 17.9 Å². The number of methoxy groups -OCH3 is 1. The van der Waals surface area contributed by atoms with Crippen LogP contribution in [0.3, 0.4) is 0 Å². The maximum atomic E-state index is 10.1. The first-order chi connectivity index (χ1) is 12.5. The van der Waals surface area contributed by atoms with Crippen LogP contribution in [0.15, 0.2) is 30.3 Å². The number of benzene rings is 1. The fourth-order valence-corrected chi connectivity index (χ4v) is 2.92. The molecule has 0 saturated heterocycles. The molecule has 3 aromatic rings. The van der Waals surface area contributed by atoms with E-state index in [1.165, 1.54) is 0 Å². The molecule has 0 bridgehead atoms. The van der Waals surface area contributed by atoms with Crippen LogP contribution in [0, 0.1) is 13.8 Å². The van der Waals surface area contributed by atoms with Crippen LogP contribution in [-0.4, -0.2) is 42.9 Å². The lowest BCUT2D eigenvalue weighted by atomic mass is 10.2. The first-order valence-electron chi connectivity index (χ1n) is 8.76. The molecule has 0 spiro atoms. The second-order valence-corrected chi connectivity index (χ2v) is 6.42. The lowest BCUT2D eigenvalue weighted by Gasteiger charge is -2.11. The van der Waals surface area contributed by atoms with Crippen LogP contribution in [0.25, 0.3) is 17.1 Å². The summed E-state index contributed by atoms with van der Waals surface area (Å²) < 4.78 is 8.83. The highest BCUT2D eigenvalue weighted by Gasteiger charge is 2.15. The topological polar surface area (TPSA) is 78.0 Å². The van der Waals surface area contributed by atoms with Gasteiger partial charge in [-0.2, -0.15) is 10.2 Å². The van der Waals surface area contributed by atoms with Gasteiger partial charge in [0.25, 0.3) is 0 Å². The summed E-state index contributed by atoms with van der Waals surface area (Å²) >= 11 is 0. The van der Waals surface area contributed by atoms with Gasteiger partial charge in [0.15, 0.2) is 11.6 Å². The van der Waals surface area contributed by atoms with E-state index in [0.29, 0.717) is 31.2 Å². The van der Waals surface area contributed by atoms with Gasteiger partial charge in [-0.3, -0.25) is 0 Å². The van der Waals surface area contributed by atoms with Gasteiger partial charge in [0.1, 0.15) is 6.61 Å². The van der Waals surface area contributed by atoms with Crippen LogP contribution < -0.4 is 0 Å². The van der Waals surface area contributed by atoms with Crippen LogP contribution in [0.5, 0.6) is 0 Å². The van der Waals surface area contributed by atoms with E-state index in [2.05, 4.69) is 15.2 Å². The summed E-state index contributed by atoms with van der Waals surface area (Å²) in [5, 5.41) is 19.1. The lowest BCUT2D eigenvalue weighted by Crippen LogP contribution is -2.17. The number of aryl methyl sites for hydroxylation is 2. The monoisotopic (exact) mass is 355 g/mol. The summed E-state index contributed by atoms with van der Waals surface area (Å²) in [7, 11) is 1.62. The van der Waals surface area contributed by atoms with Gasteiger partial charge in [-0.05, 0) is 38.5 Å². The molecule has 2 aromatic heterocycles. The minimum absolute atomic E-state index is 0.333. The molecule has 138 valence electrons. The number of rotatable bonds is 7. The van der Waals surface area contributed by atoms with Gasteiger partial charge in [0, 0.05) is 18.4 Å². The van der Waals surface area contributed by atoms with Gasteiger partial charge in [-0.1, -0.05) is 19.1 Å². The van der Waals surface area contributed by atoms with Crippen molar-refractivity contribution in [1.29, 1.82) is 0 Å². The van der Waals surface area contributed by atoms with Gasteiger partial charge in [0.2, 0.25) is 0 Å². The number of aliphatic hydroxyl groups excluding tert-OH is 1. The van der Waals surface area contributed by atoms with Crippen molar-refractivity contribution >= 4 is 0 Å². The van der Waals surface area contributed by atoms with E-state index >= 15 is 0 Å². The molecule has 0 fully saturated rings. The molecule has 0 aliphatic rings. The van der Waals surface area contributed by atoms with Crippen molar-refractivity contribution in [2.45, 2.75) is 46.4 Å². The Morgan fingerprint density at radius 3 is 2.65 bits per heavy atom. The predicted octanol–water partition coefficient (Wildman–Crippen LogP) is 2.66. The van der Waals surface area contributed by atoms with Crippen molar-refractivity contribution in [2.75, 3.05) is 7.11 Å². The Morgan fingerprint density at radius 2 is 2.00 bits per heavy atom. The predicted molar refractivity (Wildman–Crippen MR) is 99.1 cm³/mol. The fraction of sp³-hybridized carbons (Fsp3) is 0.421. The van der Waals surface area contributed by atoms with Crippen LogP contribution >= 0.6 is 0 Å². The largest absolute Gasteiger partial charge is 0.391 e. The molecule has 7 nitrogen and oxygen atoms in total. The standard InChI is InChI=1S/C19H25N5O2/c1-5-17(25)11-23-19(20-18(22-23)12-26-4)15-7-6-8-16(10-15)24-14(3)9-13(2)21-24/h6-10,17,25H,5,11-12H2,1-4H3/t17-/m0/s1. The molecule has 7 heteroatoms. The summed E-state index contributed by atoms with van der Waals surface area (Å²) in [5.41, 5.74) is 3.94. The molecule has 1 atom stereocenters. The summed E-state index contributed by atoms with van der Waals surface area (Å²) in [5.74, 6) is 1.32. The van der Waals surface area contributed by atoms with Crippen molar-refractivity contribution in [3.8, 4) is 17.1 Å². The van der Waals surface area contributed by atoms with Gasteiger partial charge in [-0.25, -0.2) is 14.3 Å². The zero-order valence-electron chi connectivity index (χ0n) is 15.7. The molecule has 26 heavy (non-hydrogen) atoms. The second-order valence-electron chi connectivity index (χ2n) is 6.42. The average molecular weight is 355 g/mol. The number of hydrogen-bond acceptors (Lipinski definition) is 5. The molecule has 0 saturated carbocycles. The Morgan fingerprint density at radius 1 is 1.19 bits per heavy atom. The van der Waals surface area contributed by atoms with E-state index in [1.807, 2.05) is 55.8 Å². The van der Waals surface area contributed by atoms with Crippen molar-refractivity contribution in [3.05, 3.63) is 47.5 Å². The zero-order valence-corrected chi connectivity index (χ0v) is 15.7. The smallest absolute Gasteiger partial charge is 0.176 e. The SMILES string of the molecule is CC[C@H](O)Cn1nc(COC)nc1-c1cccc(-n2nc(C)cc2C)c1. The van der Waals surface area contributed by atoms with Crippen LogP contribution in [0.1, 0.15) is 30.6 Å². The second kappa shape index (κ2) is 7.80. The van der Waals surface area contributed by atoms with Crippen molar-refractivity contribution in [1.82, 2.24) is 24.5 Å². The molecule has 0 unspecified atom stereocenters. The van der Waals surface area contributed by atoms with Gasteiger partial charge >= 0.3 is 0 Å². The first kappa shape index (κ1) is 18.3. The highest BCUT2D eigenvalue weighted by Crippen LogP contribution is 2.22. The van der Waals surface area contributed by atoms with E-state index in [9.17, 15) is 5.11 Å². The summed E-state index contributed by atoms with van der Waals surface area (Å²) in [4.78, 5) is 4.61. The quantitative estimate of drug-likeness (QED) is 0.705. The number of hydrogen-bond donors (Lipinski definition) is 1. The van der Waals surface area contributed by atoms with Crippen molar-refractivity contribution in [3.63, 3.8) is 0 Å². The summed E-state index contributed by atoms with van der Waals surface area (Å²) in [6, 6.07) is 10.1. The first-order valence-corrected chi connectivity index (χ1v) is 8.76. The van der Waals surface area contributed by atoms with E-state index in [4.69, 9.17) is 4.74 Å². The normalized spacial score (nSPS) is 12.5. The molecule has 0 amide bonds. The lowest BCUT2D eigenvalue weighted by molar-refractivity contribution is 0.144. The number of ether oxygens (including phenoxy) is 1. The molecule has 2 heterocycles. The molecule has 1 aromatic carbocycles. The van der Waals surface area contributed by atoms with Crippen LogP contribution in [0.2, 0.25) is 0 Å². The highest BCUT2D eigenvalue weighted by atomic mass is 16.5. The van der Waals surface area contributed by atoms with Gasteiger partial charge < -0.3 is 9.84 Å². The molecule has 3 rings (SSSR count). The molecular weight excluding hydrogens is 330 g/mol. The van der Waals surface area contributed by atoms with Gasteiger partial charge in [0.05, 0.1) is 24.0 Å². The Hall–Kier alpha value is -2.51. The van der Waals surface area contributed by atoms with Crippen LogP contribution in [0.4, 0.5) is 0 Å². The molecule has 0 aliphatic carbocycles. The zero-order chi connectivity index (χ0) is 18.7. The van der Waals surface area contributed by atoms with E-state index < -0.39 is 6.10 Å². The van der Waals surface area contributed by atoms with E-state index in [1.54, 1.807) is 11.8 Å². The Bertz CT molecular complexity index is 884. The molecule has 1 N–H and O–H groups in total. The minimum Gasteiger partial charge on any atom is -0.391 e. The van der Waals surface area contributed by atoms with Crippen molar-refractivity contribution in [2.24, 2.45) is 0 Å². The Kier molecular flexibility index (Phi) is 5.49. The number of aliphatic hydroxyl groups is 1. The third-order valence-corrected chi connectivity index (χ3v) is 4.20. The third-order valence-electron chi connectivity index (χ3n) is 4.20. The maximum Gasteiger partial charge on any atom is 0.176 e. The molecular formula is C19H25N5O2. The molecule has 0 aliphatic heterocycles. The van der Waals surface area contributed by atoms with E-state index in [-0.39, 0.29) is 0 Å². The average Bonchev–Trinajstić information content (AvgIpc) is 3.17. The maximum absolute atomic E-state index is 10.1. The summed E-state index contributed by atoms with van der Waals surface area (Å²) in [6.45, 7) is 6.68.